The predicted molar refractivity (Wildman–Crippen MR) is 119 cm³/mol. The average Bonchev–Trinajstić information content (AvgIpc) is 3.62. The highest BCUT2D eigenvalue weighted by Gasteiger charge is 2.40. The lowest BCUT2D eigenvalue weighted by atomic mass is 9.99. The van der Waals surface area contributed by atoms with Crippen LogP contribution < -0.4 is 0 Å². The number of aromatic amines is 1. The van der Waals surface area contributed by atoms with Crippen molar-refractivity contribution in [3.05, 3.63) is 77.3 Å². The van der Waals surface area contributed by atoms with Crippen molar-refractivity contribution in [1.29, 1.82) is 0 Å². The molecular formula is C23H20F2N8O2. The first-order valence-corrected chi connectivity index (χ1v) is 11.0. The Balaban J connectivity index is 1.46. The molecule has 0 aromatic carbocycles. The lowest BCUT2D eigenvalue weighted by Crippen LogP contribution is -2.41. The van der Waals surface area contributed by atoms with Crippen LogP contribution in [0.3, 0.4) is 0 Å². The Labute approximate surface area is 197 Å². The molecule has 0 bridgehead atoms. The third-order valence-corrected chi connectivity index (χ3v) is 6.18. The number of imidazole rings is 2. The monoisotopic (exact) mass is 478 g/mol. The smallest absolute Gasteiger partial charge is 0.292 e. The highest BCUT2D eigenvalue weighted by molar-refractivity contribution is 5.93. The molecule has 1 unspecified atom stereocenters. The van der Waals surface area contributed by atoms with E-state index in [9.17, 15) is 13.6 Å². The summed E-state index contributed by atoms with van der Waals surface area (Å²) in [6.07, 6.45) is 3.93. The Morgan fingerprint density at radius 1 is 1.31 bits per heavy atom. The van der Waals surface area contributed by atoms with Gasteiger partial charge in [-0.3, -0.25) is 4.79 Å². The summed E-state index contributed by atoms with van der Waals surface area (Å²) >= 11 is 0. The number of carbonyl (C=O) groups is 1. The lowest BCUT2D eigenvalue weighted by molar-refractivity contribution is 0.0640. The number of alkyl halides is 2. The van der Waals surface area contributed by atoms with E-state index in [-0.39, 0.29) is 18.1 Å². The molecular weight excluding hydrogens is 458 g/mol. The maximum absolute atomic E-state index is 13.9. The summed E-state index contributed by atoms with van der Waals surface area (Å²) in [6, 6.07) is 5.04. The molecule has 35 heavy (non-hydrogen) atoms. The van der Waals surface area contributed by atoms with Crippen molar-refractivity contribution in [3.8, 4) is 11.6 Å². The second-order valence-electron chi connectivity index (χ2n) is 8.47. The standard InChI is InChI=1S/C23H20F2N8O2/c1-12-4-3-6-33-16(12)8-14(30-33)19-17-13(26-10-27-17)5-7-32(19)23(34)20-18(21(24)25)29-22(35-20)15-9-31(2)11-28-15/h3-4,6,8-11,19,21H,5,7H2,1-2H3,(H,26,27). The molecule has 1 aliphatic rings. The summed E-state index contributed by atoms with van der Waals surface area (Å²) in [5, 5.41) is 4.68. The summed E-state index contributed by atoms with van der Waals surface area (Å²) in [7, 11) is 1.73. The topological polar surface area (TPSA) is 110 Å². The van der Waals surface area contributed by atoms with Crippen LogP contribution in [0.25, 0.3) is 17.1 Å². The Bertz CT molecular complexity index is 1560. The molecule has 5 aromatic heterocycles. The van der Waals surface area contributed by atoms with Crippen LogP contribution in [0.2, 0.25) is 0 Å². The first-order valence-electron chi connectivity index (χ1n) is 11.0. The molecule has 178 valence electrons. The zero-order chi connectivity index (χ0) is 24.3. The van der Waals surface area contributed by atoms with Gasteiger partial charge in [0, 0.05) is 38.1 Å². The highest BCUT2D eigenvalue weighted by atomic mass is 19.3. The summed E-state index contributed by atoms with van der Waals surface area (Å²) in [5.74, 6) is -1.35. The number of rotatable bonds is 4. The summed E-state index contributed by atoms with van der Waals surface area (Å²) in [4.78, 5) is 30.8. The second kappa shape index (κ2) is 7.86. The maximum atomic E-state index is 13.9. The Kier molecular flexibility index (Phi) is 4.76. The third-order valence-electron chi connectivity index (χ3n) is 6.18. The molecule has 0 spiro atoms. The van der Waals surface area contributed by atoms with Crippen molar-refractivity contribution in [2.45, 2.75) is 25.8 Å². The van der Waals surface area contributed by atoms with Crippen LogP contribution in [-0.4, -0.2) is 51.5 Å². The number of pyridine rings is 1. The lowest BCUT2D eigenvalue weighted by Gasteiger charge is -2.33. The number of oxazole rings is 1. The number of nitrogens with zero attached hydrogens (tertiary/aromatic N) is 7. The van der Waals surface area contributed by atoms with Gasteiger partial charge in [-0.2, -0.15) is 5.10 Å². The van der Waals surface area contributed by atoms with Gasteiger partial charge in [0.1, 0.15) is 11.7 Å². The first kappa shape index (κ1) is 21.2. The normalized spacial score (nSPS) is 15.8. The minimum Gasteiger partial charge on any atom is -0.429 e. The molecule has 0 aliphatic carbocycles. The van der Waals surface area contributed by atoms with E-state index < -0.39 is 29.8 Å². The quantitative estimate of drug-likeness (QED) is 0.424. The van der Waals surface area contributed by atoms with Crippen LogP contribution in [0.15, 0.2) is 47.7 Å². The van der Waals surface area contributed by atoms with Gasteiger partial charge in [-0.1, -0.05) is 6.07 Å². The van der Waals surface area contributed by atoms with Crippen molar-refractivity contribution in [2.75, 3.05) is 6.54 Å². The molecule has 1 N–H and O–H groups in total. The molecule has 1 atom stereocenters. The average molecular weight is 478 g/mol. The van der Waals surface area contributed by atoms with E-state index in [1.54, 1.807) is 28.7 Å². The number of H-pyrrole nitrogens is 1. The van der Waals surface area contributed by atoms with Gasteiger partial charge in [0.2, 0.25) is 11.7 Å². The largest absolute Gasteiger partial charge is 0.429 e. The van der Waals surface area contributed by atoms with Crippen LogP contribution in [0.5, 0.6) is 0 Å². The zero-order valence-corrected chi connectivity index (χ0v) is 18.8. The molecule has 5 aromatic rings. The fourth-order valence-electron chi connectivity index (χ4n) is 4.50. The van der Waals surface area contributed by atoms with Gasteiger partial charge < -0.3 is 18.9 Å². The number of aryl methyl sites for hydroxylation is 2. The number of fused-ring (bicyclic) bond motifs is 2. The number of aromatic nitrogens is 7. The Hall–Kier alpha value is -4.35. The van der Waals surface area contributed by atoms with Gasteiger partial charge in [0.15, 0.2) is 5.69 Å². The van der Waals surface area contributed by atoms with Crippen LogP contribution >= 0.6 is 0 Å². The van der Waals surface area contributed by atoms with Crippen LogP contribution in [0, 0.1) is 6.92 Å². The summed E-state index contributed by atoms with van der Waals surface area (Å²) in [6.45, 7) is 2.22. The number of nitrogens with one attached hydrogen (secondary N) is 1. The second-order valence-corrected chi connectivity index (χ2v) is 8.47. The van der Waals surface area contributed by atoms with Crippen molar-refractivity contribution in [3.63, 3.8) is 0 Å². The predicted octanol–water partition coefficient (Wildman–Crippen LogP) is 3.48. The fourth-order valence-corrected chi connectivity index (χ4v) is 4.50. The molecule has 6 rings (SSSR count). The van der Waals surface area contributed by atoms with E-state index >= 15 is 0 Å². The Morgan fingerprint density at radius 2 is 2.17 bits per heavy atom. The molecule has 0 saturated heterocycles. The molecule has 1 aliphatic heterocycles. The number of hydrogen-bond acceptors (Lipinski definition) is 6. The molecule has 0 radical (unpaired) electrons. The maximum Gasteiger partial charge on any atom is 0.292 e. The van der Waals surface area contributed by atoms with E-state index in [0.29, 0.717) is 17.8 Å². The van der Waals surface area contributed by atoms with Gasteiger partial charge >= 0.3 is 0 Å². The first-order chi connectivity index (χ1) is 16.9. The minimum atomic E-state index is -3.00. The minimum absolute atomic E-state index is 0.137. The van der Waals surface area contributed by atoms with Crippen LogP contribution in [-0.2, 0) is 13.5 Å². The van der Waals surface area contributed by atoms with Crippen molar-refractivity contribution < 1.29 is 18.0 Å². The number of amides is 1. The third kappa shape index (κ3) is 3.40. The molecule has 1 amide bonds. The van der Waals surface area contributed by atoms with Gasteiger partial charge in [-0.25, -0.2) is 28.2 Å². The summed E-state index contributed by atoms with van der Waals surface area (Å²) in [5.41, 5.74) is 3.49. The SMILES string of the molecule is Cc1cccn2nc(C3c4nc[nH]c4CCN3C(=O)c3oc(-c4cn(C)cn4)nc3C(F)F)cc12. The van der Waals surface area contributed by atoms with Crippen molar-refractivity contribution in [2.24, 2.45) is 7.05 Å². The molecule has 0 saturated carbocycles. The number of halogens is 2. The molecule has 0 fully saturated rings. The van der Waals surface area contributed by atoms with Crippen LogP contribution in [0.1, 0.15) is 51.4 Å². The van der Waals surface area contributed by atoms with E-state index in [0.717, 1.165) is 16.8 Å². The van der Waals surface area contributed by atoms with Gasteiger partial charge in [0.25, 0.3) is 12.3 Å². The highest BCUT2D eigenvalue weighted by Crippen LogP contribution is 2.36. The van der Waals surface area contributed by atoms with E-state index in [4.69, 9.17) is 4.42 Å². The molecule has 10 nitrogen and oxygen atoms in total. The van der Waals surface area contributed by atoms with Crippen LogP contribution in [0.4, 0.5) is 8.78 Å². The number of hydrogen-bond donors (Lipinski definition) is 1. The van der Waals surface area contributed by atoms with Gasteiger partial charge in [-0.05, 0) is 24.6 Å². The molecule has 12 heteroatoms. The van der Waals surface area contributed by atoms with Gasteiger partial charge in [0.05, 0.1) is 29.6 Å². The fraction of sp³-hybridized carbons (Fsp3) is 0.261. The van der Waals surface area contributed by atoms with Crippen molar-refractivity contribution in [1.82, 2.24) is 39.0 Å². The van der Waals surface area contributed by atoms with Gasteiger partial charge in [-0.15, -0.1) is 0 Å². The zero-order valence-electron chi connectivity index (χ0n) is 18.8. The van der Waals surface area contributed by atoms with E-state index in [1.807, 2.05) is 31.3 Å². The molecule has 6 heterocycles. The number of carbonyl (C=O) groups excluding carboxylic acids is 1. The summed E-state index contributed by atoms with van der Waals surface area (Å²) < 4.78 is 36.8. The van der Waals surface area contributed by atoms with E-state index in [2.05, 4.69) is 25.0 Å². The Morgan fingerprint density at radius 3 is 2.91 bits per heavy atom. The van der Waals surface area contributed by atoms with Crippen molar-refractivity contribution >= 4 is 11.4 Å². The van der Waals surface area contributed by atoms with E-state index in [1.165, 1.54) is 11.2 Å².